The molecule has 3 rings (SSSR count). The van der Waals surface area contributed by atoms with E-state index < -0.39 is 17.6 Å². The molecule has 174 valence electrons. The fourth-order valence-corrected chi connectivity index (χ4v) is 5.00. The molecule has 0 saturated heterocycles. The number of hydrogen-bond donors (Lipinski definition) is 1. The highest BCUT2D eigenvalue weighted by atomic mass is 127. The van der Waals surface area contributed by atoms with Gasteiger partial charge in [-0.3, -0.25) is 4.79 Å². The van der Waals surface area contributed by atoms with Gasteiger partial charge in [0.15, 0.2) is 0 Å². The summed E-state index contributed by atoms with van der Waals surface area (Å²) in [6, 6.07) is 15.4. The summed E-state index contributed by atoms with van der Waals surface area (Å²) < 4.78 is 59.2. The average Bonchev–Trinajstić information content (AvgIpc) is 2.76. The van der Waals surface area contributed by atoms with Crippen molar-refractivity contribution in [1.82, 2.24) is 0 Å². The lowest BCUT2D eigenvalue weighted by Gasteiger charge is -2.12. The van der Waals surface area contributed by atoms with Crippen LogP contribution in [0, 0.1) is 24.3 Å². The quantitative estimate of drug-likeness (QED) is 0.129. The number of benzene rings is 3. The third kappa shape index (κ3) is 6.92. The van der Waals surface area contributed by atoms with Gasteiger partial charge < -0.3 is 10.1 Å². The molecule has 0 atom stereocenters. The van der Waals surface area contributed by atoms with Crippen molar-refractivity contribution in [1.29, 1.82) is 5.26 Å². The molecule has 0 aliphatic carbocycles. The maximum absolute atomic E-state index is 13.4. The van der Waals surface area contributed by atoms with Gasteiger partial charge in [0.1, 0.15) is 29.8 Å². The van der Waals surface area contributed by atoms with E-state index in [1.807, 2.05) is 45.2 Å². The Morgan fingerprint density at radius 2 is 1.74 bits per heavy atom. The van der Waals surface area contributed by atoms with E-state index in [1.165, 1.54) is 30.3 Å². The summed E-state index contributed by atoms with van der Waals surface area (Å²) in [5.41, 5.74) is -0.0781. The fraction of sp³-hybridized carbons (Fsp3) is 0.0833. The number of carbonyl (C=O) groups is 1. The molecular formula is C24H14F4I2N2O2. The summed E-state index contributed by atoms with van der Waals surface area (Å²) in [4.78, 5) is 12.5. The van der Waals surface area contributed by atoms with Crippen molar-refractivity contribution < 1.29 is 27.1 Å². The minimum absolute atomic E-state index is 0.0776. The molecule has 3 aromatic rings. The highest BCUT2D eigenvalue weighted by Crippen LogP contribution is 2.32. The maximum atomic E-state index is 13.4. The van der Waals surface area contributed by atoms with Crippen LogP contribution in [-0.4, -0.2) is 5.91 Å². The van der Waals surface area contributed by atoms with Gasteiger partial charge in [-0.05, 0) is 105 Å². The normalized spacial score (nSPS) is 11.6. The second kappa shape index (κ2) is 11.2. The van der Waals surface area contributed by atoms with E-state index in [-0.39, 0.29) is 23.7 Å². The zero-order valence-corrected chi connectivity index (χ0v) is 21.4. The number of halogens is 6. The smallest absolute Gasteiger partial charge is 0.416 e. The number of nitrogens with zero attached hydrogens (tertiary/aromatic N) is 1. The second-order valence-electron chi connectivity index (χ2n) is 6.93. The van der Waals surface area contributed by atoms with E-state index in [0.29, 0.717) is 24.0 Å². The first-order valence-electron chi connectivity index (χ1n) is 9.53. The summed E-state index contributed by atoms with van der Waals surface area (Å²) >= 11 is 4.09. The van der Waals surface area contributed by atoms with Gasteiger partial charge in [0.2, 0.25) is 0 Å². The molecule has 0 radical (unpaired) electrons. The van der Waals surface area contributed by atoms with Crippen molar-refractivity contribution in [3.63, 3.8) is 0 Å². The number of alkyl halides is 3. The van der Waals surface area contributed by atoms with Gasteiger partial charge >= 0.3 is 6.18 Å². The molecule has 0 saturated carbocycles. The monoisotopic (exact) mass is 692 g/mol. The zero-order valence-electron chi connectivity index (χ0n) is 17.1. The highest BCUT2D eigenvalue weighted by Gasteiger charge is 2.30. The van der Waals surface area contributed by atoms with Gasteiger partial charge in [0.05, 0.1) is 12.7 Å². The van der Waals surface area contributed by atoms with E-state index in [2.05, 4.69) is 5.32 Å². The first-order valence-corrected chi connectivity index (χ1v) is 11.7. The summed E-state index contributed by atoms with van der Waals surface area (Å²) in [6.45, 7) is 0.155. The van der Waals surface area contributed by atoms with Crippen LogP contribution in [0.3, 0.4) is 0 Å². The Morgan fingerprint density at radius 1 is 1.06 bits per heavy atom. The predicted molar refractivity (Wildman–Crippen MR) is 136 cm³/mol. The van der Waals surface area contributed by atoms with Crippen LogP contribution in [0.1, 0.15) is 16.7 Å². The van der Waals surface area contributed by atoms with Gasteiger partial charge in [0, 0.05) is 5.69 Å². The van der Waals surface area contributed by atoms with Crippen LogP contribution in [0.4, 0.5) is 23.2 Å². The maximum Gasteiger partial charge on any atom is 0.416 e. The Morgan fingerprint density at radius 3 is 2.35 bits per heavy atom. The van der Waals surface area contributed by atoms with Crippen molar-refractivity contribution in [3.05, 3.63) is 95.9 Å². The van der Waals surface area contributed by atoms with Crippen LogP contribution in [0.2, 0.25) is 0 Å². The van der Waals surface area contributed by atoms with Crippen molar-refractivity contribution in [2.24, 2.45) is 0 Å². The van der Waals surface area contributed by atoms with Crippen molar-refractivity contribution >= 4 is 62.9 Å². The van der Waals surface area contributed by atoms with Crippen LogP contribution < -0.4 is 10.1 Å². The summed E-state index contributed by atoms with van der Waals surface area (Å²) in [6.07, 6.45) is -3.22. The molecule has 0 unspecified atom stereocenters. The molecule has 0 aliphatic heterocycles. The van der Waals surface area contributed by atoms with Crippen LogP contribution in [0.5, 0.6) is 5.75 Å². The lowest BCUT2D eigenvalue weighted by molar-refractivity contribution is -0.137. The molecule has 0 heterocycles. The van der Waals surface area contributed by atoms with Gasteiger partial charge in [-0.2, -0.15) is 18.4 Å². The summed E-state index contributed by atoms with van der Waals surface area (Å²) in [7, 11) is 0. The van der Waals surface area contributed by atoms with Crippen LogP contribution in [0.25, 0.3) is 6.08 Å². The number of anilines is 1. The van der Waals surface area contributed by atoms with Crippen molar-refractivity contribution in [3.8, 4) is 11.8 Å². The van der Waals surface area contributed by atoms with E-state index in [0.717, 1.165) is 12.1 Å². The Bertz CT molecular complexity index is 1280. The predicted octanol–water partition coefficient (Wildman–Crippen LogP) is 7.18. The Kier molecular flexibility index (Phi) is 8.53. The molecule has 10 heteroatoms. The number of carbonyl (C=O) groups excluding carboxylic acids is 1. The van der Waals surface area contributed by atoms with Crippen molar-refractivity contribution in [2.45, 2.75) is 12.8 Å². The topological polar surface area (TPSA) is 62.1 Å². The molecule has 1 N–H and O–H groups in total. The highest BCUT2D eigenvalue weighted by molar-refractivity contribution is 14.1. The van der Waals surface area contributed by atoms with Crippen LogP contribution >= 0.6 is 45.2 Å². The third-order valence-electron chi connectivity index (χ3n) is 4.42. The SMILES string of the molecule is N#C/C(=C/c1cc(I)c(OCc2cccc(F)c2)c(I)c1)C(=O)Nc1cccc(C(F)(F)F)c1. The fourth-order valence-electron chi connectivity index (χ4n) is 2.87. The van der Waals surface area contributed by atoms with E-state index >= 15 is 0 Å². The first kappa shape index (κ1) is 26.0. The number of ether oxygens (including phenoxy) is 1. The lowest BCUT2D eigenvalue weighted by Crippen LogP contribution is -2.14. The number of nitriles is 1. The van der Waals surface area contributed by atoms with E-state index in [4.69, 9.17) is 4.74 Å². The molecular weight excluding hydrogens is 678 g/mol. The molecule has 1 amide bonds. The average molecular weight is 692 g/mol. The molecule has 0 aliphatic rings. The van der Waals surface area contributed by atoms with E-state index in [9.17, 15) is 27.6 Å². The third-order valence-corrected chi connectivity index (χ3v) is 6.02. The molecule has 0 bridgehead atoms. The second-order valence-corrected chi connectivity index (χ2v) is 9.26. The Labute approximate surface area is 219 Å². The van der Waals surface area contributed by atoms with E-state index in [1.54, 1.807) is 30.3 Å². The number of hydrogen-bond acceptors (Lipinski definition) is 3. The summed E-state index contributed by atoms with van der Waals surface area (Å²) in [5.74, 6) is -0.633. The molecule has 3 aromatic carbocycles. The minimum Gasteiger partial charge on any atom is -0.487 e. The number of amides is 1. The molecule has 34 heavy (non-hydrogen) atoms. The largest absolute Gasteiger partial charge is 0.487 e. The van der Waals surface area contributed by atoms with Gasteiger partial charge in [-0.15, -0.1) is 0 Å². The zero-order chi connectivity index (χ0) is 24.9. The molecule has 0 aromatic heterocycles. The minimum atomic E-state index is -4.56. The van der Waals surface area contributed by atoms with Crippen molar-refractivity contribution in [2.75, 3.05) is 5.32 Å². The standard InChI is InChI=1S/C24H14F4I2N2O2/c25-18-5-1-3-14(8-18)13-34-22-20(29)9-15(10-21(22)30)7-16(12-31)23(33)32-19-6-2-4-17(11-19)24(26,27)28/h1-11H,13H2,(H,32,33)/b16-7-. The Balaban J connectivity index is 1.78. The number of rotatable bonds is 6. The van der Waals surface area contributed by atoms with Crippen LogP contribution in [-0.2, 0) is 17.6 Å². The number of nitrogens with one attached hydrogen (secondary N) is 1. The Hall–Kier alpha value is -2.66. The first-order chi connectivity index (χ1) is 16.1. The van der Waals surface area contributed by atoms with Gasteiger partial charge in [0.25, 0.3) is 5.91 Å². The van der Waals surface area contributed by atoms with Crippen LogP contribution in [0.15, 0.2) is 66.2 Å². The molecule has 0 spiro atoms. The molecule has 0 fully saturated rings. The molecule has 4 nitrogen and oxygen atoms in total. The lowest BCUT2D eigenvalue weighted by atomic mass is 10.1. The van der Waals surface area contributed by atoms with Gasteiger partial charge in [-0.25, -0.2) is 4.39 Å². The van der Waals surface area contributed by atoms with Gasteiger partial charge in [-0.1, -0.05) is 18.2 Å². The summed E-state index contributed by atoms with van der Waals surface area (Å²) in [5, 5.41) is 11.7.